The van der Waals surface area contributed by atoms with E-state index in [2.05, 4.69) is 55.1 Å². The van der Waals surface area contributed by atoms with Crippen LogP contribution in [0, 0.1) is 0 Å². The van der Waals surface area contributed by atoms with E-state index in [9.17, 15) is 0 Å². The first kappa shape index (κ1) is 20.3. The summed E-state index contributed by atoms with van der Waals surface area (Å²) in [5, 5.41) is 6.68. The van der Waals surface area contributed by atoms with E-state index in [4.69, 9.17) is 0 Å². The molecule has 0 aliphatic rings. The molecule has 0 radical (unpaired) electrons. The summed E-state index contributed by atoms with van der Waals surface area (Å²) in [5.74, 6) is 0.939. The fourth-order valence-corrected chi connectivity index (χ4v) is 1.50. The van der Waals surface area contributed by atoms with Crippen molar-refractivity contribution in [3.05, 3.63) is 0 Å². The lowest BCUT2D eigenvalue weighted by Crippen LogP contribution is -2.42. The molecular weight excluding hydrogens is 339 g/mol. The molecule has 0 aromatic rings. The van der Waals surface area contributed by atoms with Gasteiger partial charge in [-0.25, -0.2) is 0 Å². The van der Waals surface area contributed by atoms with E-state index >= 15 is 0 Å². The molecule has 0 amide bonds. The Labute approximate surface area is 130 Å². The third-order valence-electron chi connectivity index (χ3n) is 2.92. The zero-order chi connectivity index (χ0) is 13.1. The van der Waals surface area contributed by atoms with Gasteiger partial charge in [-0.3, -0.25) is 4.99 Å². The van der Waals surface area contributed by atoms with E-state index in [1.165, 1.54) is 0 Å². The number of aliphatic imine (C=N–C) groups is 1. The van der Waals surface area contributed by atoms with Crippen LogP contribution < -0.4 is 10.6 Å². The molecule has 0 heterocycles. The molecule has 2 N–H and O–H groups in total. The van der Waals surface area contributed by atoms with Gasteiger partial charge in [0.15, 0.2) is 5.96 Å². The minimum absolute atomic E-state index is 0. The fraction of sp³-hybridized carbons (Fsp3) is 0.923. The van der Waals surface area contributed by atoms with Gasteiger partial charge in [0, 0.05) is 19.1 Å². The normalized spacial score (nSPS) is 13.1. The van der Waals surface area contributed by atoms with E-state index in [1.54, 1.807) is 0 Å². The second-order valence-electron chi connectivity index (χ2n) is 4.24. The summed E-state index contributed by atoms with van der Waals surface area (Å²) in [4.78, 5) is 6.98. The molecule has 0 aromatic heterocycles. The Kier molecular flexibility index (Phi) is 15.1. The maximum Gasteiger partial charge on any atom is 0.191 e. The van der Waals surface area contributed by atoms with Crippen LogP contribution in [0.3, 0.4) is 0 Å². The van der Waals surface area contributed by atoms with Crippen molar-refractivity contribution in [1.82, 2.24) is 15.5 Å². The van der Waals surface area contributed by atoms with Crippen LogP contribution in [0.4, 0.5) is 0 Å². The topological polar surface area (TPSA) is 39.7 Å². The Balaban J connectivity index is 0. The lowest BCUT2D eigenvalue weighted by atomic mass is 10.3. The smallest absolute Gasteiger partial charge is 0.191 e. The lowest BCUT2D eigenvalue weighted by molar-refractivity contribution is 0.313. The van der Waals surface area contributed by atoms with Crippen LogP contribution >= 0.6 is 24.0 Å². The molecular formula is C13H31IN4. The molecule has 18 heavy (non-hydrogen) atoms. The Morgan fingerprint density at radius 1 is 1.17 bits per heavy atom. The number of guanidine groups is 1. The SMILES string of the molecule is CCNC(=NCCN(CC)CC)NC(C)CC.I. The van der Waals surface area contributed by atoms with Gasteiger partial charge in [0.1, 0.15) is 0 Å². The predicted molar refractivity (Wildman–Crippen MR) is 92.1 cm³/mol. The van der Waals surface area contributed by atoms with Gasteiger partial charge in [-0.05, 0) is 33.4 Å². The van der Waals surface area contributed by atoms with Crippen LogP contribution in [0.2, 0.25) is 0 Å². The summed E-state index contributed by atoms with van der Waals surface area (Å²) >= 11 is 0. The molecule has 0 aliphatic carbocycles. The van der Waals surface area contributed by atoms with Crippen molar-refractivity contribution in [2.45, 2.75) is 47.1 Å². The molecule has 0 aromatic carbocycles. The number of nitrogens with one attached hydrogen (secondary N) is 2. The Bertz CT molecular complexity index is 205. The molecule has 0 bridgehead atoms. The van der Waals surface area contributed by atoms with E-state index in [0.29, 0.717) is 6.04 Å². The summed E-state index contributed by atoms with van der Waals surface area (Å²) in [6, 6.07) is 0.473. The Morgan fingerprint density at radius 2 is 1.78 bits per heavy atom. The highest BCUT2D eigenvalue weighted by Gasteiger charge is 2.02. The van der Waals surface area contributed by atoms with E-state index in [-0.39, 0.29) is 24.0 Å². The van der Waals surface area contributed by atoms with E-state index in [1.807, 2.05) is 0 Å². The van der Waals surface area contributed by atoms with Gasteiger partial charge >= 0.3 is 0 Å². The summed E-state index contributed by atoms with van der Waals surface area (Å²) < 4.78 is 0. The van der Waals surface area contributed by atoms with Gasteiger partial charge in [0.2, 0.25) is 0 Å². The molecule has 1 unspecified atom stereocenters. The Hall–Kier alpha value is -0.0400. The third-order valence-corrected chi connectivity index (χ3v) is 2.92. The minimum Gasteiger partial charge on any atom is -0.357 e. The fourth-order valence-electron chi connectivity index (χ4n) is 1.50. The Morgan fingerprint density at radius 3 is 2.22 bits per heavy atom. The second kappa shape index (κ2) is 13.4. The third kappa shape index (κ3) is 9.94. The van der Waals surface area contributed by atoms with Crippen molar-refractivity contribution in [2.24, 2.45) is 4.99 Å². The molecule has 0 saturated carbocycles. The van der Waals surface area contributed by atoms with Crippen LogP contribution in [-0.4, -0.2) is 49.6 Å². The largest absolute Gasteiger partial charge is 0.357 e. The first-order valence-corrected chi connectivity index (χ1v) is 6.94. The molecule has 1 atom stereocenters. The van der Waals surface area contributed by atoms with Crippen molar-refractivity contribution in [3.63, 3.8) is 0 Å². The van der Waals surface area contributed by atoms with E-state index in [0.717, 1.165) is 45.1 Å². The summed E-state index contributed by atoms with van der Waals surface area (Å²) in [7, 11) is 0. The molecule has 5 heteroatoms. The van der Waals surface area contributed by atoms with Gasteiger partial charge in [0.05, 0.1) is 6.54 Å². The van der Waals surface area contributed by atoms with Crippen LogP contribution in [-0.2, 0) is 0 Å². The highest BCUT2D eigenvalue weighted by Crippen LogP contribution is 1.89. The van der Waals surface area contributed by atoms with Crippen molar-refractivity contribution >= 4 is 29.9 Å². The molecule has 0 rings (SSSR count). The number of halogens is 1. The molecule has 0 saturated heterocycles. The minimum atomic E-state index is 0. The van der Waals surface area contributed by atoms with Gasteiger partial charge in [-0.2, -0.15) is 0 Å². The van der Waals surface area contributed by atoms with Gasteiger partial charge in [0.25, 0.3) is 0 Å². The number of nitrogens with zero attached hydrogens (tertiary/aromatic N) is 2. The second-order valence-corrected chi connectivity index (χ2v) is 4.24. The maximum absolute atomic E-state index is 4.59. The predicted octanol–water partition coefficient (Wildman–Crippen LogP) is 2.30. The number of hydrogen-bond donors (Lipinski definition) is 2. The van der Waals surface area contributed by atoms with Gasteiger partial charge in [-0.15, -0.1) is 24.0 Å². The number of likely N-dealkylation sites (N-methyl/N-ethyl adjacent to an activating group) is 1. The van der Waals surface area contributed by atoms with E-state index < -0.39 is 0 Å². The summed E-state index contributed by atoms with van der Waals surface area (Å²) in [5.41, 5.74) is 0. The van der Waals surface area contributed by atoms with Crippen molar-refractivity contribution in [2.75, 3.05) is 32.7 Å². The average Bonchev–Trinajstić information content (AvgIpc) is 2.34. The van der Waals surface area contributed by atoms with Crippen LogP contribution in [0.5, 0.6) is 0 Å². The zero-order valence-corrected chi connectivity index (χ0v) is 15.0. The number of rotatable bonds is 8. The highest BCUT2D eigenvalue weighted by atomic mass is 127. The standard InChI is InChI=1S/C13H30N4.HI/c1-6-12(5)16-13(14-7-2)15-10-11-17(8-3)9-4;/h12H,6-11H2,1-5H3,(H2,14,15,16);1H. The molecule has 0 spiro atoms. The van der Waals surface area contributed by atoms with Crippen LogP contribution in [0.15, 0.2) is 4.99 Å². The quantitative estimate of drug-likeness (QED) is 0.391. The molecule has 0 fully saturated rings. The van der Waals surface area contributed by atoms with Gasteiger partial charge < -0.3 is 15.5 Å². The first-order chi connectivity index (χ1) is 8.17. The van der Waals surface area contributed by atoms with Crippen molar-refractivity contribution < 1.29 is 0 Å². The number of hydrogen-bond acceptors (Lipinski definition) is 2. The first-order valence-electron chi connectivity index (χ1n) is 6.94. The van der Waals surface area contributed by atoms with Crippen molar-refractivity contribution in [1.29, 1.82) is 0 Å². The average molecular weight is 370 g/mol. The highest BCUT2D eigenvalue weighted by molar-refractivity contribution is 14.0. The lowest BCUT2D eigenvalue weighted by Gasteiger charge is -2.18. The maximum atomic E-state index is 4.59. The van der Waals surface area contributed by atoms with Crippen molar-refractivity contribution in [3.8, 4) is 0 Å². The molecule has 0 aliphatic heterocycles. The zero-order valence-electron chi connectivity index (χ0n) is 12.6. The molecule has 4 nitrogen and oxygen atoms in total. The summed E-state index contributed by atoms with van der Waals surface area (Å²) in [6.07, 6.45) is 1.11. The van der Waals surface area contributed by atoms with Crippen LogP contribution in [0.1, 0.15) is 41.0 Å². The monoisotopic (exact) mass is 370 g/mol. The van der Waals surface area contributed by atoms with Gasteiger partial charge in [-0.1, -0.05) is 20.8 Å². The van der Waals surface area contributed by atoms with Crippen LogP contribution in [0.25, 0.3) is 0 Å². The molecule has 110 valence electrons. The summed E-state index contributed by atoms with van der Waals surface area (Å²) in [6.45, 7) is 15.8.